The van der Waals surface area contributed by atoms with Crippen molar-refractivity contribution in [1.82, 2.24) is 10.6 Å². The molecule has 4 heteroatoms. The lowest BCUT2D eigenvalue weighted by atomic mass is 10.2. The minimum Gasteiger partial charge on any atom is -0.384 e. The Morgan fingerprint density at radius 2 is 2.14 bits per heavy atom. The molecule has 3 N–H and O–H groups in total. The van der Waals surface area contributed by atoms with Gasteiger partial charge in [0.05, 0.1) is 6.54 Å². The van der Waals surface area contributed by atoms with E-state index in [1.807, 2.05) is 0 Å². The van der Waals surface area contributed by atoms with Crippen LogP contribution in [0.2, 0.25) is 0 Å². The molecule has 0 aliphatic rings. The Hall–Kier alpha value is -0.450. The van der Waals surface area contributed by atoms with E-state index in [0.29, 0.717) is 6.54 Å². The second-order valence-corrected chi connectivity index (χ2v) is 3.42. The van der Waals surface area contributed by atoms with E-state index in [1.165, 1.54) is 12.8 Å². The standard InChI is InChI=1S/C10H22N2O2/c1-3-4-5-6-12-8-10(14)9(13)7-11-2/h9,11-13H,3-8H2,1-2H3. The van der Waals surface area contributed by atoms with Crippen molar-refractivity contribution in [3.63, 3.8) is 0 Å². The van der Waals surface area contributed by atoms with Crippen LogP contribution in [0.4, 0.5) is 0 Å². The van der Waals surface area contributed by atoms with E-state index in [-0.39, 0.29) is 12.3 Å². The van der Waals surface area contributed by atoms with Gasteiger partial charge in [0, 0.05) is 6.54 Å². The van der Waals surface area contributed by atoms with Gasteiger partial charge in [0.25, 0.3) is 0 Å². The first-order chi connectivity index (χ1) is 6.72. The first-order valence-electron chi connectivity index (χ1n) is 5.28. The number of carbonyl (C=O) groups excluding carboxylic acids is 1. The fraction of sp³-hybridized carbons (Fsp3) is 0.900. The Bertz CT molecular complexity index is 151. The summed E-state index contributed by atoms with van der Waals surface area (Å²) in [4.78, 5) is 11.2. The Labute approximate surface area is 86.1 Å². The van der Waals surface area contributed by atoms with Gasteiger partial charge in [0.2, 0.25) is 0 Å². The van der Waals surface area contributed by atoms with Gasteiger partial charge < -0.3 is 15.7 Å². The van der Waals surface area contributed by atoms with E-state index < -0.39 is 6.10 Å². The van der Waals surface area contributed by atoms with E-state index >= 15 is 0 Å². The van der Waals surface area contributed by atoms with Crippen LogP contribution in [-0.2, 0) is 4.79 Å². The molecule has 0 aliphatic heterocycles. The lowest BCUT2D eigenvalue weighted by Crippen LogP contribution is -2.37. The summed E-state index contributed by atoms with van der Waals surface area (Å²) in [5, 5.41) is 15.1. The molecular weight excluding hydrogens is 180 g/mol. The number of aliphatic hydroxyl groups excluding tert-OH is 1. The second-order valence-electron chi connectivity index (χ2n) is 3.42. The summed E-state index contributed by atoms with van der Waals surface area (Å²) in [5.74, 6) is -0.143. The number of aliphatic hydroxyl groups is 1. The van der Waals surface area contributed by atoms with Gasteiger partial charge in [-0.2, -0.15) is 0 Å². The second kappa shape index (κ2) is 9.12. The minimum atomic E-state index is -0.876. The molecule has 0 saturated heterocycles. The van der Waals surface area contributed by atoms with Crippen LogP contribution in [0.1, 0.15) is 26.2 Å². The largest absolute Gasteiger partial charge is 0.384 e. The van der Waals surface area contributed by atoms with Crippen LogP contribution in [0.15, 0.2) is 0 Å². The topological polar surface area (TPSA) is 61.4 Å². The highest BCUT2D eigenvalue weighted by Gasteiger charge is 2.12. The highest BCUT2D eigenvalue weighted by Crippen LogP contribution is 1.91. The number of nitrogens with one attached hydrogen (secondary N) is 2. The molecule has 0 spiro atoms. The van der Waals surface area contributed by atoms with Crippen LogP contribution in [-0.4, -0.2) is 43.7 Å². The third-order valence-electron chi connectivity index (χ3n) is 2.03. The summed E-state index contributed by atoms with van der Waals surface area (Å²) in [6.07, 6.45) is 2.57. The molecule has 0 bridgehead atoms. The molecule has 0 aromatic heterocycles. The number of rotatable bonds is 9. The lowest BCUT2D eigenvalue weighted by molar-refractivity contribution is -0.125. The fourth-order valence-corrected chi connectivity index (χ4v) is 1.14. The highest BCUT2D eigenvalue weighted by atomic mass is 16.3. The molecule has 0 heterocycles. The van der Waals surface area contributed by atoms with Gasteiger partial charge in [-0.15, -0.1) is 0 Å². The third-order valence-corrected chi connectivity index (χ3v) is 2.03. The quantitative estimate of drug-likeness (QED) is 0.458. The van der Waals surface area contributed by atoms with Crippen LogP contribution >= 0.6 is 0 Å². The fourth-order valence-electron chi connectivity index (χ4n) is 1.14. The summed E-state index contributed by atoms with van der Waals surface area (Å²) in [6, 6.07) is 0. The Morgan fingerprint density at radius 1 is 1.43 bits per heavy atom. The zero-order valence-corrected chi connectivity index (χ0v) is 9.18. The van der Waals surface area contributed by atoms with Crippen LogP contribution < -0.4 is 10.6 Å². The van der Waals surface area contributed by atoms with E-state index in [1.54, 1.807) is 7.05 Å². The van der Waals surface area contributed by atoms with Crippen molar-refractivity contribution in [3.05, 3.63) is 0 Å². The van der Waals surface area contributed by atoms with E-state index in [9.17, 15) is 9.90 Å². The van der Waals surface area contributed by atoms with Crippen LogP contribution in [0.5, 0.6) is 0 Å². The lowest BCUT2D eigenvalue weighted by Gasteiger charge is -2.09. The molecule has 0 aliphatic carbocycles. The Kier molecular flexibility index (Phi) is 8.83. The highest BCUT2D eigenvalue weighted by molar-refractivity contribution is 5.84. The molecular formula is C10H22N2O2. The van der Waals surface area contributed by atoms with E-state index in [4.69, 9.17) is 0 Å². The maximum atomic E-state index is 11.2. The molecule has 0 radical (unpaired) electrons. The van der Waals surface area contributed by atoms with Gasteiger partial charge in [-0.1, -0.05) is 19.8 Å². The maximum absolute atomic E-state index is 11.2. The molecule has 0 fully saturated rings. The van der Waals surface area contributed by atoms with Gasteiger partial charge in [-0.3, -0.25) is 4.79 Å². The van der Waals surface area contributed by atoms with Crippen molar-refractivity contribution in [2.24, 2.45) is 0 Å². The number of likely N-dealkylation sites (N-methyl/N-ethyl adjacent to an activating group) is 1. The van der Waals surface area contributed by atoms with Crippen LogP contribution in [0.3, 0.4) is 0 Å². The molecule has 1 unspecified atom stereocenters. The average Bonchev–Trinajstić information content (AvgIpc) is 2.17. The minimum absolute atomic E-state index is 0.143. The molecule has 0 saturated carbocycles. The van der Waals surface area contributed by atoms with Gasteiger partial charge >= 0.3 is 0 Å². The number of unbranched alkanes of at least 4 members (excludes halogenated alkanes) is 2. The smallest absolute Gasteiger partial charge is 0.176 e. The maximum Gasteiger partial charge on any atom is 0.176 e. The molecule has 0 rings (SSSR count). The monoisotopic (exact) mass is 202 g/mol. The summed E-state index contributed by atoms with van der Waals surface area (Å²) in [5.41, 5.74) is 0. The van der Waals surface area contributed by atoms with Crippen molar-refractivity contribution in [2.45, 2.75) is 32.3 Å². The van der Waals surface area contributed by atoms with Crippen molar-refractivity contribution in [3.8, 4) is 0 Å². The SMILES string of the molecule is CCCCCNCC(=O)C(O)CNC. The molecule has 4 nitrogen and oxygen atoms in total. The zero-order chi connectivity index (χ0) is 10.8. The van der Waals surface area contributed by atoms with E-state index in [2.05, 4.69) is 17.6 Å². The molecule has 14 heavy (non-hydrogen) atoms. The van der Waals surface area contributed by atoms with Crippen molar-refractivity contribution >= 4 is 5.78 Å². The van der Waals surface area contributed by atoms with Gasteiger partial charge in [0.1, 0.15) is 6.10 Å². The summed E-state index contributed by atoms with van der Waals surface area (Å²) in [7, 11) is 1.71. The van der Waals surface area contributed by atoms with Crippen LogP contribution in [0, 0.1) is 0 Å². The summed E-state index contributed by atoms with van der Waals surface area (Å²) >= 11 is 0. The average molecular weight is 202 g/mol. The van der Waals surface area contributed by atoms with Crippen molar-refractivity contribution < 1.29 is 9.90 Å². The zero-order valence-electron chi connectivity index (χ0n) is 9.18. The molecule has 0 aromatic carbocycles. The molecule has 0 amide bonds. The molecule has 1 atom stereocenters. The number of carbonyl (C=O) groups is 1. The van der Waals surface area contributed by atoms with Crippen LogP contribution in [0.25, 0.3) is 0 Å². The number of Topliss-reactive ketones (excluding diaryl/α,β-unsaturated/α-hetero) is 1. The molecule has 84 valence electrons. The summed E-state index contributed by atoms with van der Waals surface area (Å²) in [6.45, 7) is 3.59. The first-order valence-corrected chi connectivity index (χ1v) is 5.28. The van der Waals surface area contributed by atoms with E-state index in [0.717, 1.165) is 13.0 Å². The number of ketones is 1. The van der Waals surface area contributed by atoms with Gasteiger partial charge in [-0.25, -0.2) is 0 Å². The van der Waals surface area contributed by atoms with Crippen molar-refractivity contribution in [1.29, 1.82) is 0 Å². The Morgan fingerprint density at radius 3 is 2.71 bits per heavy atom. The Balaban J connectivity index is 3.34. The number of hydrogen-bond donors (Lipinski definition) is 3. The predicted octanol–water partition coefficient (Wildman–Crippen LogP) is -0.0844. The van der Waals surface area contributed by atoms with Crippen molar-refractivity contribution in [2.75, 3.05) is 26.7 Å². The normalized spacial score (nSPS) is 12.8. The number of hydrogen-bond acceptors (Lipinski definition) is 4. The van der Waals surface area contributed by atoms with Gasteiger partial charge in [-0.05, 0) is 20.0 Å². The first kappa shape index (κ1) is 13.5. The third kappa shape index (κ3) is 7.00. The predicted molar refractivity (Wildman–Crippen MR) is 57.3 cm³/mol. The summed E-state index contributed by atoms with van der Waals surface area (Å²) < 4.78 is 0. The van der Waals surface area contributed by atoms with Gasteiger partial charge in [0.15, 0.2) is 5.78 Å². The molecule has 0 aromatic rings.